The highest BCUT2D eigenvalue weighted by Crippen LogP contribution is 2.29. The van der Waals surface area contributed by atoms with Crippen LogP contribution in [0.2, 0.25) is 0 Å². The Kier molecular flexibility index (Phi) is 8.57. The van der Waals surface area contributed by atoms with Crippen molar-refractivity contribution in [2.45, 2.75) is 33.1 Å². The quantitative estimate of drug-likeness (QED) is 0.776. The molecule has 0 saturated carbocycles. The van der Waals surface area contributed by atoms with E-state index in [0.29, 0.717) is 12.5 Å². The van der Waals surface area contributed by atoms with Gasteiger partial charge in [-0.25, -0.2) is 0 Å². The average Bonchev–Trinajstić information content (AvgIpc) is 2.30. The first-order valence-corrected chi connectivity index (χ1v) is 6.59. The van der Waals surface area contributed by atoms with Crippen molar-refractivity contribution in [1.29, 1.82) is 0 Å². The molecule has 2 N–H and O–H groups in total. The highest BCUT2D eigenvalue weighted by atomic mass is 35.5. The summed E-state index contributed by atoms with van der Waals surface area (Å²) in [5.74, 6) is 0.795. The van der Waals surface area contributed by atoms with Gasteiger partial charge in [-0.15, -0.1) is 12.4 Å². The lowest BCUT2D eigenvalue weighted by molar-refractivity contribution is -0.136. The number of halogens is 1. The molecule has 1 saturated heterocycles. The molecule has 1 rings (SSSR count). The van der Waals surface area contributed by atoms with Crippen molar-refractivity contribution >= 4 is 18.3 Å². The van der Waals surface area contributed by atoms with Crippen LogP contribution < -0.4 is 10.6 Å². The minimum absolute atomic E-state index is 0. The van der Waals surface area contributed by atoms with E-state index in [9.17, 15) is 4.79 Å². The van der Waals surface area contributed by atoms with E-state index in [2.05, 4.69) is 24.5 Å². The predicted octanol–water partition coefficient (Wildman–Crippen LogP) is 1.59. The number of carbonyl (C=O) groups is 1. The first-order chi connectivity index (χ1) is 8.10. The topological polar surface area (TPSA) is 50.4 Å². The van der Waals surface area contributed by atoms with E-state index < -0.39 is 0 Å². The number of piperidine rings is 1. The van der Waals surface area contributed by atoms with Gasteiger partial charge in [0.05, 0.1) is 12.0 Å². The van der Waals surface area contributed by atoms with Crippen LogP contribution in [0, 0.1) is 11.3 Å². The third-order valence-corrected chi connectivity index (χ3v) is 3.47. The molecule has 0 aromatic heterocycles. The molecule has 0 unspecified atom stereocenters. The van der Waals surface area contributed by atoms with Crippen LogP contribution in [0.3, 0.4) is 0 Å². The fourth-order valence-electron chi connectivity index (χ4n) is 2.28. The van der Waals surface area contributed by atoms with Gasteiger partial charge in [0.25, 0.3) is 0 Å². The van der Waals surface area contributed by atoms with Crippen LogP contribution in [-0.4, -0.2) is 39.3 Å². The highest BCUT2D eigenvalue weighted by Gasteiger charge is 2.39. The Bertz CT molecular complexity index is 236. The van der Waals surface area contributed by atoms with E-state index in [1.165, 1.54) is 0 Å². The Labute approximate surface area is 117 Å². The van der Waals surface area contributed by atoms with Crippen LogP contribution in [0.5, 0.6) is 0 Å². The van der Waals surface area contributed by atoms with E-state index >= 15 is 0 Å². The highest BCUT2D eigenvalue weighted by molar-refractivity contribution is 5.85. The van der Waals surface area contributed by atoms with Gasteiger partial charge in [0, 0.05) is 13.7 Å². The zero-order chi connectivity index (χ0) is 12.7. The van der Waals surface area contributed by atoms with Gasteiger partial charge in [0.15, 0.2) is 0 Å². The molecule has 1 fully saturated rings. The van der Waals surface area contributed by atoms with Crippen LogP contribution in [0.1, 0.15) is 33.1 Å². The maximum Gasteiger partial charge on any atom is 0.228 e. The Hall–Kier alpha value is -0.320. The van der Waals surface area contributed by atoms with Crippen molar-refractivity contribution in [2.24, 2.45) is 11.3 Å². The summed E-state index contributed by atoms with van der Waals surface area (Å²) >= 11 is 0. The zero-order valence-electron chi connectivity index (χ0n) is 11.8. The molecule has 0 spiro atoms. The smallest absolute Gasteiger partial charge is 0.228 e. The van der Waals surface area contributed by atoms with E-state index in [1.807, 2.05) is 0 Å². The molecule has 5 heteroatoms. The Morgan fingerprint density at radius 1 is 1.39 bits per heavy atom. The van der Waals surface area contributed by atoms with Crippen LogP contribution >= 0.6 is 12.4 Å². The molecule has 0 bridgehead atoms. The van der Waals surface area contributed by atoms with Gasteiger partial charge < -0.3 is 15.4 Å². The predicted molar refractivity (Wildman–Crippen MR) is 76.1 cm³/mol. The maximum atomic E-state index is 12.3. The van der Waals surface area contributed by atoms with Crippen molar-refractivity contribution in [2.75, 3.05) is 33.4 Å². The third kappa shape index (κ3) is 5.12. The second kappa shape index (κ2) is 8.73. The van der Waals surface area contributed by atoms with Crippen LogP contribution in [-0.2, 0) is 9.53 Å². The van der Waals surface area contributed by atoms with Crippen molar-refractivity contribution in [3.63, 3.8) is 0 Å². The first-order valence-electron chi connectivity index (χ1n) is 6.59. The van der Waals surface area contributed by atoms with Gasteiger partial charge in [-0.2, -0.15) is 0 Å². The number of nitrogens with one attached hydrogen (secondary N) is 2. The molecule has 18 heavy (non-hydrogen) atoms. The largest absolute Gasteiger partial charge is 0.384 e. The summed E-state index contributed by atoms with van der Waals surface area (Å²) in [5, 5.41) is 6.35. The van der Waals surface area contributed by atoms with Gasteiger partial charge in [-0.05, 0) is 38.3 Å². The molecular weight excluding hydrogens is 252 g/mol. The Balaban J connectivity index is 0.00000289. The first kappa shape index (κ1) is 17.7. The number of methoxy groups -OCH3 is 1. The number of hydrogen-bond acceptors (Lipinski definition) is 3. The lowest BCUT2D eigenvalue weighted by Gasteiger charge is -2.35. The summed E-state index contributed by atoms with van der Waals surface area (Å²) in [6, 6.07) is 0. The van der Waals surface area contributed by atoms with Crippen LogP contribution in [0.25, 0.3) is 0 Å². The minimum atomic E-state index is -0.309. The van der Waals surface area contributed by atoms with Gasteiger partial charge >= 0.3 is 0 Å². The standard InChI is InChI=1S/C13H26N2O2.ClH/c1-11(2)4-7-15-12(16)13(10-17-3)5-8-14-9-6-13;/h11,14H,4-10H2,1-3H3,(H,15,16);1H. The number of amides is 1. The van der Waals surface area contributed by atoms with E-state index in [4.69, 9.17) is 4.74 Å². The fourth-order valence-corrected chi connectivity index (χ4v) is 2.28. The second-order valence-corrected chi connectivity index (χ2v) is 5.40. The zero-order valence-corrected chi connectivity index (χ0v) is 12.6. The van der Waals surface area contributed by atoms with E-state index in [0.717, 1.165) is 38.9 Å². The van der Waals surface area contributed by atoms with Crippen molar-refractivity contribution in [3.8, 4) is 0 Å². The average molecular weight is 279 g/mol. The number of ether oxygens (including phenoxy) is 1. The number of carbonyl (C=O) groups excluding carboxylic acids is 1. The van der Waals surface area contributed by atoms with Crippen molar-refractivity contribution in [3.05, 3.63) is 0 Å². The van der Waals surface area contributed by atoms with Gasteiger partial charge in [0.2, 0.25) is 5.91 Å². The fraction of sp³-hybridized carbons (Fsp3) is 0.923. The van der Waals surface area contributed by atoms with E-state index in [1.54, 1.807) is 7.11 Å². The summed E-state index contributed by atoms with van der Waals surface area (Å²) in [4.78, 5) is 12.3. The molecule has 1 aliphatic rings. The van der Waals surface area contributed by atoms with Gasteiger partial charge in [0.1, 0.15) is 0 Å². The van der Waals surface area contributed by atoms with Crippen molar-refractivity contribution in [1.82, 2.24) is 10.6 Å². The minimum Gasteiger partial charge on any atom is -0.384 e. The SMILES string of the molecule is COCC1(C(=O)NCCC(C)C)CCNCC1.Cl. The lowest BCUT2D eigenvalue weighted by atomic mass is 9.78. The number of rotatable bonds is 6. The molecule has 0 aromatic rings. The molecule has 0 atom stereocenters. The summed E-state index contributed by atoms with van der Waals surface area (Å²) in [6.07, 6.45) is 2.77. The molecule has 0 aromatic carbocycles. The summed E-state index contributed by atoms with van der Waals surface area (Å²) in [5.41, 5.74) is -0.309. The van der Waals surface area contributed by atoms with Crippen molar-refractivity contribution < 1.29 is 9.53 Å². The van der Waals surface area contributed by atoms with Gasteiger partial charge in [-0.1, -0.05) is 13.8 Å². The third-order valence-electron chi connectivity index (χ3n) is 3.47. The summed E-state index contributed by atoms with van der Waals surface area (Å²) < 4.78 is 5.24. The number of hydrogen-bond donors (Lipinski definition) is 2. The Morgan fingerprint density at radius 3 is 2.50 bits per heavy atom. The molecule has 4 nitrogen and oxygen atoms in total. The lowest BCUT2D eigenvalue weighted by Crippen LogP contribution is -2.50. The van der Waals surface area contributed by atoms with E-state index in [-0.39, 0.29) is 23.7 Å². The summed E-state index contributed by atoms with van der Waals surface area (Å²) in [6.45, 7) is 7.45. The normalized spacial score (nSPS) is 18.2. The van der Waals surface area contributed by atoms with Crippen LogP contribution in [0.15, 0.2) is 0 Å². The molecule has 0 radical (unpaired) electrons. The maximum absolute atomic E-state index is 12.3. The molecule has 1 amide bonds. The monoisotopic (exact) mass is 278 g/mol. The summed E-state index contributed by atoms with van der Waals surface area (Å²) in [7, 11) is 1.67. The Morgan fingerprint density at radius 2 is 2.00 bits per heavy atom. The molecule has 1 heterocycles. The molecule has 0 aliphatic carbocycles. The molecule has 108 valence electrons. The second-order valence-electron chi connectivity index (χ2n) is 5.40. The molecular formula is C13H27ClN2O2. The van der Waals surface area contributed by atoms with Crippen LogP contribution in [0.4, 0.5) is 0 Å². The molecule has 1 aliphatic heterocycles. The van der Waals surface area contributed by atoms with Gasteiger partial charge in [-0.3, -0.25) is 4.79 Å².